The summed E-state index contributed by atoms with van der Waals surface area (Å²) in [4.78, 5) is 0. The van der Waals surface area contributed by atoms with Gasteiger partial charge in [0.25, 0.3) is 0 Å². The summed E-state index contributed by atoms with van der Waals surface area (Å²) in [6, 6.07) is 1.36. The van der Waals surface area contributed by atoms with Crippen LogP contribution in [0.1, 0.15) is 110 Å². The van der Waals surface area contributed by atoms with Gasteiger partial charge in [-0.15, -0.1) is 0 Å². The van der Waals surface area contributed by atoms with E-state index in [1.807, 2.05) is 0 Å². The molecule has 0 aromatic carbocycles. The third-order valence-corrected chi connectivity index (χ3v) is 7.42. The van der Waals surface area contributed by atoms with Gasteiger partial charge in [-0.2, -0.15) is 0 Å². The maximum Gasteiger partial charge on any atom is 0.186 e. The van der Waals surface area contributed by atoms with Gasteiger partial charge >= 0.3 is 0 Å². The molecule has 0 heterocycles. The Balaban J connectivity index is 3.31. The number of hydrogen-bond donors (Lipinski definition) is 0. The molecular weight excluding hydrogens is 296 g/mol. The van der Waals surface area contributed by atoms with Gasteiger partial charge in [-0.3, -0.25) is 0 Å². The van der Waals surface area contributed by atoms with Crippen LogP contribution in [0.25, 0.3) is 0 Å². The van der Waals surface area contributed by atoms with Crippen LogP contribution in [0.3, 0.4) is 0 Å². The molecule has 0 aliphatic rings. The second-order valence-corrected chi connectivity index (χ2v) is 12.3. The lowest BCUT2D eigenvalue weighted by Crippen LogP contribution is -2.30. The van der Waals surface area contributed by atoms with E-state index in [0.29, 0.717) is 0 Å². The summed E-state index contributed by atoms with van der Waals surface area (Å²) in [5, 5.41) is 0. The first kappa shape index (κ1) is 23.2. The van der Waals surface area contributed by atoms with Crippen molar-refractivity contribution in [3.8, 4) is 0 Å². The highest BCUT2D eigenvalue weighted by Crippen LogP contribution is 2.18. The normalized spacial score (nSPS) is 12.0. The van der Waals surface area contributed by atoms with E-state index in [0.717, 1.165) is 6.61 Å². The van der Waals surface area contributed by atoms with Crippen LogP contribution in [0.2, 0.25) is 19.1 Å². The minimum Gasteiger partial charge on any atom is -0.417 e. The standard InChI is InChI=1S/C21H46OSi/c1-5-7-9-11-12-13-14-15-17-19-21-23(3,4)22-20-18-16-10-8-6-2/h5-21H2,1-4H3. The Bertz CT molecular complexity index is 228. The van der Waals surface area contributed by atoms with Crippen LogP contribution < -0.4 is 0 Å². The molecule has 140 valence electrons. The molecule has 23 heavy (non-hydrogen) atoms. The Hall–Kier alpha value is 0.177. The molecule has 0 aliphatic heterocycles. The Kier molecular flexibility index (Phi) is 17.1. The summed E-state index contributed by atoms with van der Waals surface area (Å²) < 4.78 is 6.23. The summed E-state index contributed by atoms with van der Waals surface area (Å²) in [5.41, 5.74) is 0. The lowest BCUT2D eigenvalue weighted by atomic mass is 10.1. The molecule has 0 fully saturated rings. The Morgan fingerprint density at radius 1 is 0.522 bits per heavy atom. The highest BCUT2D eigenvalue weighted by atomic mass is 28.4. The van der Waals surface area contributed by atoms with Crippen LogP contribution in [0, 0.1) is 0 Å². The molecule has 1 nitrogen and oxygen atoms in total. The van der Waals surface area contributed by atoms with Crippen LogP contribution in [0.15, 0.2) is 0 Å². The fourth-order valence-corrected chi connectivity index (χ4v) is 5.11. The molecule has 0 saturated heterocycles. The highest BCUT2D eigenvalue weighted by Gasteiger charge is 2.21. The van der Waals surface area contributed by atoms with Gasteiger partial charge in [-0.25, -0.2) is 0 Å². The zero-order valence-electron chi connectivity index (χ0n) is 16.9. The van der Waals surface area contributed by atoms with E-state index in [9.17, 15) is 0 Å². The van der Waals surface area contributed by atoms with Crippen molar-refractivity contribution >= 4 is 8.32 Å². The zero-order chi connectivity index (χ0) is 17.2. The van der Waals surface area contributed by atoms with E-state index in [-0.39, 0.29) is 0 Å². The SMILES string of the molecule is CCCCCCCCCCCC[Si](C)(C)OCCCCCCC. The van der Waals surface area contributed by atoms with Crippen LogP contribution in [-0.4, -0.2) is 14.9 Å². The molecular formula is C21H46OSi. The molecule has 0 bridgehead atoms. The lowest BCUT2D eigenvalue weighted by Gasteiger charge is -2.22. The molecule has 0 rings (SSSR count). The summed E-state index contributed by atoms with van der Waals surface area (Å²) >= 11 is 0. The van der Waals surface area contributed by atoms with E-state index < -0.39 is 8.32 Å². The van der Waals surface area contributed by atoms with Gasteiger partial charge in [0.1, 0.15) is 0 Å². The maximum absolute atomic E-state index is 6.23. The Labute approximate surface area is 149 Å². The van der Waals surface area contributed by atoms with Crippen LogP contribution in [-0.2, 0) is 4.43 Å². The van der Waals surface area contributed by atoms with Crippen molar-refractivity contribution in [2.45, 2.75) is 129 Å². The van der Waals surface area contributed by atoms with E-state index in [1.165, 1.54) is 102 Å². The average Bonchev–Trinajstić information content (AvgIpc) is 2.52. The minimum absolute atomic E-state index is 1.01. The fraction of sp³-hybridized carbons (Fsp3) is 1.00. The quantitative estimate of drug-likeness (QED) is 0.180. The minimum atomic E-state index is -1.36. The zero-order valence-corrected chi connectivity index (χ0v) is 17.9. The summed E-state index contributed by atoms with van der Waals surface area (Å²) in [5.74, 6) is 0. The van der Waals surface area contributed by atoms with Gasteiger partial charge in [0.15, 0.2) is 8.32 Å². The third kappa shape index (κ3) is 18.4. The van der Waals surface area contributed by atoms with Crippen LogP contribution >= 0.6 is 0 Å². The lowest BCUT2D eigenvalue weighted by molar-refractivity contribution is 0.293. The van der Waals surface area contributed by atoms with Gasteiger partial charge < -0.3 is 4.43 Å². The van der Waals surface area contributed by atoms with Crippen molar-refractivity contribution < 1.29 is 4.43 Å². The molecule has 0 saturated carbocycles. The van der Waals surface area contributed by atoms with E-state index in [1.54, 1.807) is 0 Å². The molecule has 0 atom stereocenters. The van der Waals surface area contributed by atoms with E-state index in [4.69, 9.17) is 4.43 Å². The molecule has 2 heteroatoms. The summed E-state index contributed by atoms with van der Waals surface area (Å²) in [6.07, 6.45) is 21.1. The van der Waals surface area contributed by atoms with Crippen molar-refractivity contribution in [2.75, 3.05) is 6.61 Å². The van der Waals surface area contributed by atoms with Crippen molar-refractivity contribution in [3.63, 3.8) is 0 Å². The van der Waals surface area contributed by atoms with Crippen molar-refractivity contribution in [1.29, 1.82) is 0 Å². The largest absolute Gasteiger partial charge is 0.417 e. The first-order chi connectivity index (χ1) is 11.1. The predicted molar refractivity (Wildman–Crippen MR) is 109 cm³/mol. The topological polar surface area (TPSA) is 9.23 Å². The predicted octanol–water partition coefficient (Wildman–Crippen LogP) is 8.10. The summed E-state index contributed by atoms with van der Waals surface area (Å²) in [7, 11) is -1.36. The molecule has 0 aromatic rings. The molecule has 0 radical (unpaired) electrons. The van der Waals surface area contributed by atoms with E-state index in [2.05, 4.69) is 26.9 Å². The highest BCUT2D eigenvalue weighted by molar-refractivity contribution is 6.71. The maximum atomic E-state index is 6.23. The number of unbranched alkanes of at least 4 members (excludes halogenated alkanes) is 13. The van der Waals surface area contributed by atoms with Gasteiger partial charge in [0.2, 0.25) is 0 Å². The van der Waals surface area contributed by atoms with Gasteiger partial charge in [-0.05, 0) is 25.6 Å². The molecule has 0 amide bonds. The third-order valence-electron chi connectivity index (χ3n) is 4.87. The van der Waals surface area contributed by atoms with Crippen molar-refractivity contribution in [2.24, 2.45) is 0 Å². The van der Waals surface area contributed by atoms with Gasteiger partial charge in [-0.1, -0.05) is 104 Å². The smallest absolute Gasteiger partial charge is 0.186 e. The average molecular weight is 343 g/mol. The van der Waals surface area contributed by atoms with E-state index >= 15 is 0 Å². The Morgan fingerprint density at radius 3 is 1.39 bits per heavy atom. The van der Waals surface area contributed by atoms with Crippen molar-refractivity contribution in [3.05, 3.63) is 0 Å². The monoisotopic (exact) mass is 342 g/mol. The molecule has 0 unspecified atom stereocenters. The van der Waals surface area contributed by atoms with Crippen LogP contribution in [0.5, 0.6) is 0 Å². The fourth-order valence-electron chi connectivity index (χ4n) is 3.16. The molecule has 0 N–H and O–H groups in total. The number of hydrogen-bond acceptors (Lipinski definition) is 1. The van der Waals surface area contributed by atoms with Gasteiger partial charge in [0, 0.05) is 6.61 Å². The molecule has 0 aromatic heterocycles. The second-order valence-electron chi connectivity index (χ2n) is 7.95. The Morgan fingerprint density at radius 2 is 0.913 bits per heavy atom. The second kappa shape index (κ2) is 17.0. The van der Waals surface area contributed by atoms with Crippen molar-refractivity contribution in [1.82, 2.24) is 0 Å². The first-order valence-corrected chi connectivity index (χ1v) is 13.9. The molecule has 0 spiro atoms. The van der Waals surface area contributed by atoms with Gasteiger partial charge in [0.05, 0.1) is 0 Å². The molecule has 0 aliphatic carbocycles. The summed E-state index contributed by atoms with van der Waals surface area (Å²) in [6.45, 7) is 10.4. The van der Waals surface area contributed by atoms with Crippen LogP contribution in [0.4, 0.5) is 0 Å². The number of rotatable bonds is 18. The first-order valence-electron chi connectivity index (χ1n) is 10.8.